The van der Waals surface area contributed by atoms with Crippen LogP contribution in [0.15, 0.2) is 0 Å². The quantitative estimate of drug-likeness (QED) is 0.673. The Kier molecular flexibility index (Phi) is 6.87. The van der Waals surface area contributed by atoms with Gasteiger partial charge in [-0.05, 0) is 24.7 Å². The van der Waals surface area contributed by atoms with E-state index in [2.05, 4.69) is 4.72 Å². The topological polar surface area (TPSA) is 102 Å². The zero-order valence-corrected chi connectivity index (χ0v) is 13.0. The van der Waals surface area contributed by atoms with E-state index in [9.17, 15) is 13.2 Å². The van der Waals surface area contributed by atoms with Crippen LogP contribution < -0.4 is 9.86 Å². The number of rotatable bonds is 7. The van der Waals surface area contributed by atoms with Crippen LogP contribution in [-0.4, -0.2) is 52.6 Å². The van der Waals surface area contributed by atoms with Gasteiger partial charge in [-0.2, -0.15) is 8.42 Å². The molecule has 1 heterocycles. The van der Waals surface area contributed by atoms with Crippen molar-refractivity contribution >= 4 is 16.1 Å². The van der Waals surface area contributed by atoms with Gasteiger partial charge in [0.1, 0.15) is 0 Å². The number of hydrogen-bond acceptors (Lipinski definition) is 4. The van der Waals surface area contributed by atoms with E-state index in [1.165, 1.54) is 0 Å². The van der Waals surface area contributed by atoms with E-state index in [0.29, 0.717) is 19.6 Å². The molecule has 1 aliphatic heterocycles. The third-order valence-electron chi connectivity index (χ3n) is 3.42. The minimum Gasteiger partial charge on any atom is -0.384 e. The molecular weight excluding hydrogens is 282 g/mol. The van der Waals surface area contributed by atoms with Crippen molar-refractivity contribution in [1.82, 2.24) is 9.62 Å². The maximum Gasteiger partial charge on any atom is 0.274 e. The molecule has 1 saturated heterocycles. The Bertz CT molecular complexity index is 413. The highest BCUT2D eigenvalue weighted by Crippen LogP contribution is 2.18. The number of nitrogens with one attached hydrogen (secondary N) is 1. The largest absolute Gasteiger partial charge is 0.384 e. The van der Waals surface area contributed by atoms with E-state index in [0.717, 1.165) is 19.4 Å². The lowest BCUT2D eigenvalue weighted by molar-refractivity contribution is -0.134. The molecule has 0 aromatic heterocycles. The van der Waals surface area contributed by atoms with Crippen LogP contribution in [0.25, 0.3) is 0 Å². The molecule has 0 aromatic rings. The summed E-state index contributed by atoms with van der Waals surface area (Å²) in [7, 11) is -2.04. The van der Waals surface area contributed by atoms with Crippen molar-refractivity contribution in [2.75, 3.05) is 33.4 Å². The molecule has 7 nitrogen and oxygen atoms in total. The molecule has 118 valence electrons. The summed E-state index contributed by atoms with van der Waals surface area (Å²) in [6, 6.07) is 0. The Morgan fingerprint density at radius 1 is 1.55 bits per heavy atom. The predicted molar refractivity (Wildman–Crippen MR) is 76.1 cm³/mol. The Hall–Kier alpha value is -0.700. The predicted octanol–water partition coefficient (Wildman–Crippen LogP) is -0.309. The zero-order valence-electron chi connectivity index (χ0n) is 12.2. The summed E-state index contributed by atoms with van der Waals surface area (Å²) in [5, 5.41) is 4.91. The molecule has 1 aliphatic rings. The molecule has 2 unspecified atom stereocenters. The number of hydrogen-bond donors (Lipinski definition) is 2. The van der Waals surface area contributed by atoms with Gasteiger partial charge in [0.15, 0.2) is 0 Å². The Balaban J connectivity index is 2.41. The summed E-state index contributed by atoms with van der Waals surface area (Å²) in [6.45, 7) is 4.16. The molecule has 1 amide bonds. The van der Waals surface area contributed by atoms with Crippen molar-refractivity contribution in [2.45, 2.75) is 26.2 Å². The summed E-state index contributed by atoms with van der Waals surface area (Å²) < 4.78 is 29.1. The molecule has 0 aliphatic carbocycles. The summed E-state index contributed by atoms with van der Waals surface area (Å²) in [4.78, 5) is 13.9. The smallest absolute Gasteiger partial charge is 0.274 e. The number of carbonyl (C=O) groups excluding carboxylic acids is 1. The molecule has 20 heavy (non-hydrogen) atoms. The molecular formula is C12H25N3O4S. The van der Waals surface area contributed by atoms with Crippen molar-refractivity contribution in [3.05, 3.63) is 0 Å². The van der Waals surface area contributed by atoms with Gasteiger partial charge in [-0.3, -0.25) is 4.79 Å². The molecule has 0 spiro atoms. The highest BCUT2D eigenvalue weighted by atomic mass is 32.2. The van der Waals surface area contributed by atoms with Gasteiger partial charge in [-0.1, -0.05) is 6.92 Å². The minimum atomic E-state index is -3.66. The molecule has 8 heteroatoms. The Morgan fingerprint density at radius 2 is 2.25 bits per heavy atom. The monoisotopic (exact) mass is 307 g/mol. The number of nitrogens with zero attached hydrogens (tertiary/aromatic N) is 1. The van der Waals surface area contributed by atoms with Gasteiger partial charge in [0.05, 0.1) is 0 Å². The number of methoxy groups -OCH3 is 1. The number of piperidine rings is 1. The van der Waals surface area contributed by atoms with Crippen LogP contribution in [0.3, 0.4) is 0 Å². The van der Waals surface area contributed by atoms with Gasteiger partial charge >= 0.3 is 0 Å². The first-order valence-electron chi connectivity index (χ1n) is 6.86. The highest BCUT2D eigenvalue weighted by Gasteiger charge is 2.25. The van der Waals surface area contributed by atoms with Crippen molar-refractivity contribution in [2.24, 2.45) is 17.0 Å². The van der Waals surface area contributed by atoms with Gasteiger partial charge in [0.2, 0.25) is 5.91 Å². The van der Waals surface area contributed by atoms with E-state index >= 15 is 0 Å². The first kappa shape index (κ1) is 17.4. The molecule has 0 radical (unpaired) electrons. The lowest BCUT2D eigenvalue weighted by Gasteiger charge is -2.33. The number of nitrogens with two attached hydrogens (primary N) is 1. The first-order valence-corrected chi connectivity index (χ1v) is 8.40. The summed E-state index contributed by atoms with van der Waals surface area (Å²) in [5.41, 5.74) is 0. The fraction of sp³-hybridized carbons (Fsp3) is 0.917. The van der Waals surface area contributed by atoms with Crippen LogP contribution in [-0.2, 0) is 19.7 Å². The molecule has 0 saturated carbocycles. The lowest BCUT2D eigenvalue weighted by atomic mass is 9.97. The fourth-order valence-corrected chi connectivity index (χ4v) is 2.93. The van der Waals surface area contributed by atoms with E-state index in [-0.39, 0.29) is 24.3 Å². The van der Waals surface area contributed by atoms with Crippen molar-refractivity contribution in [3.8, 4) is 0 Å². The van der Waals surface area contributed by atoms with Crippen molar-refractivity contribution in [1.29, 1.82) is 0 Å². The lowest BCUT2D eigenvalue weighted by Crippen LogP contribution is -2.45. The highest BCUT2D eigenvalue weighted by molar-refractivity contribution is 7.87. The molecule has 3 N–H and O–H groups in total. The van der Waals surface area contributed by atoms with Crippen LogP contribution in [0.1, 0.15) is 26.2 Å². The number of carbonyl (C=O) groups is 1. The van der Waals surface area contributed by atoms with E-state index in [1.807, 2.05) is 11.8 Å². The summed E-state index contributed by atoms with van der Waals surface area (Å²) in [5.74, 6) is 0.425. The second-order valence-electron chi connectivity index (χ2n) is 5.51. The number of ether oxygens (including phenoxy) is 1. The minimum absolute atomic E-state index is 0.106. The average Bonchev–Trinajstić information content (AvgIpc) is 2.36. The summed E-state index contributed by atoms with van der Waals surface area (Å²) in [6.07, 6.45) is 2.25. The fourth-order valence-electron chi connectivity index (χ4n) is 2.46. The summed E-state index contributed by atoms with van der Waals surface area (Å²) >= 11 is 0. The molecule has 1 fully saturated rings. The van der Waals surface area contributed by atoms with Gasteiger partial charge < -0.3 is 9.64 Å². The maximum atomic E-state index is 12.1. The van der Waals surface area contributed by atoms with Gasteiger partial charge in [0, 0.05) is 39.8 Å². The van der Waals surface area contributed by atoms with Crippen LogP contribution in [0.2, 0.25) is 0 Å². The molecule has 0 aromatic carbocycles. The normalized spacial score (nSPS) is 21.8. The number of amides is 1. The third-order valence-corrected chi connectivity index (χ3v) is 3.99. The third kappa shape index (κ3) is 6.65. The van der Waals surface area contributed by atoms with Crippen molar-refractivity contribution < 1.29 is 17.9 Å². The Morgan fingerprint density at radius 3 is 2.85 bits per heavy atom. The SMILES string of the molecule is COCC(C)CC(=O)N1CCCC(CNS(N)(=O)=O)C1. The van der Waals surface area contributed by atoms with Crippen molar-refractivity contribution in [3.63, 3.8) is 0 Å². The molecule has 0 bridgehead atoms. The van der Waals surface area contributed by atoms with Gasteiger partial charge in [-0.15, -0.1) is 0 Å². The molecule has 2 atom stereocenters. The van der Waals surface area contributed by atoms with Gasteiger partial charge in [0.25, 0.3) is 10.2 Å². The Labute approximate surface area is 121 Å². The van der Waals surface area contributed by atoms with Crippen LogP contribution in [0.4, 0.5) is 0 Å². The average molecular weight is 307 g/mol. The van der Waals surface area contributed by atoms with Crippen LogP contribution in [0, 0.1) is 11.8 Å². The van der Waals surface area contributed by atoms with E-state index in [4.69, 9.17) is 9.88 Å². The second-order valence-corrected chi connectivity index (χ2v) is 6.88. The van der Waals surface area contributed by atoms with Crippen LogP contribution in [0.5, 0.6) is 0 Å². The standard InChI is InChI=1S/C12H25N3O4S/c1-10(9-19-2)6-12(16)15-5-3-4-11(8-15)7-14-20(13,17)18/h10-11,14H,3-9H2,1-2H3,(H2,13,17,18). The van der Waals surface area contributed by atoms with Crippen LogP contribution >= 0.6 is 0 Å². The van der Waals surface area contributed by atoms with E-state index in [1.54, 1.807) is 7.11 Å². The first-order chi connectivity index (χ1) is 9.31. The van der Waals surface area contributed by atoms with E-state index < -0.39 is 10.2 Å². The van der Waals surface area contributed by atoms with Gasteiger partial charge in [-0.25, -0.2) is 9.86 Å². The number of likely N-dealkylation sites (tertiary alicyclic amines) is 1. The zero-order chi connectivity index (χ0) is 15.2. The molecule has 1 rings (SSSR count). The maximum absolute atomic E-state index is 12.1. The second kappa shape index (κ2) is 7.92.